The molecule has 0 saturated carbocycles. The minimum Gasteiger partial charge on any atom is -0.314 e. The summed E-state index contributed by atoms with van der Waals surface area (Å²) in [6.45, 7) is 7.17. The molecule has 1 unspecified atom stereocenters. The van der Waals surface area contributed by atoms with Gasteiger partial charge in [0.05, 0.1) is 4.47 Å². The van der Waals surface area contributed by atoms with E-state index in [-0.39, 0.29) is 11.6 Å². The minimum absolute atomic E-state index is 0.119. The van der Waals surface area contributed by atoms with Gasteiger partial charge in [0.15, 0.2) is 0 Å². The van der Waals surface area contributed by atoms with Crippen LogP contribution in [0.25, 0.3) is 0 Å². The topological polar surface area (TPSA) is 12.0 Å². The highest BCUT2D eigenvalue weighted by Gasteiger charge is 2.23. The Morgan fingerprint density at radius 2 is 1.71 bits per heavy atom. The molecule has 0 aliphatic heterocycles. The quantitative estimate of drug-likeness (QED) is 0.575. The van der Waals surface area contributed by atoms with E-state index in [1.165, 1.54) is 12.1 Å². The molecule has 1 rings (SSSR count). The smallest absolute Gasteiger partial charge is 0.143 e. The van der Waals surface area contributed by atoms with Crippen LogP contribution in [0.3, 0.4) is 0 Å². The molecule has 120 valence electrons. The fraction of sp³-hybridized carbons (Fsp3) is 0.647. The SMILES string of the molecule is CCCC(CCC)C(Cc1c(F)ccc(Br)c1F)NCC. The van der Waals surface area contributed by atoms with Crippen molar-refractivity contribution in [1.29, 1.82) is 0 Å². The van der Waals surface area contributed by atoms with Crippen molar-refractivity contribution in [3.63, 3.8) is 0 Å². The zero-order valence-corrected chi connectivity index (χ0v) is 14.8. The second kappa shape index (κ2) is 9.52. The lowest BCUT2D eigenvalue weighted by Gasteiger charge is -2.28. The summed E-state index contributed by atoms with van der Waals surface area (Å²) in [4.78, 5) is 0. The number of rotatable bonds is 9. The maximum absolute atomic E-state index is 14.2. The van der Waals surface area contributed by atoms with Gasteiger partial charge in [-0.1, -0.05) is 33.6 Å². The average Bonchev–Trinajstić information content (AvgIpc) is 2.46. The molecule has 0 aliphatic carbocycles. The maximum atomic E-state index is 14.2. The molecular formula is C17H26BrF2N. The van der Waals surface area contributed by atoms with Gasteiger partial charge in [0, 0.05) is 11.6 Å². The fourth-order valence-electron chi connectivity index (χ4n) is 2.93. The van der Waals surface area contributed by atoms with Crippen LogP contribution in [0.1, 0.15) is 52.0 Å². The maximum Gasteiger partial charge on any atom is 0.143 e. The molecule has 0 heterocycles. The number of halogens is 3. The van der Waals surface area contributed by atoms with Crippen molar-refractivity contribution in [2.75, 3.05) is 6.54 Å². The summed E-state index contributed by atoms with van der Waals surface area (Å²) in [6, 6.07) is 2.87. The van der Waals surface area contributed by atoms with Crippen molar-refractivity contribution in [3.05, 3.63) is 33.8 Å². The molecule has 1 aromatic rings. The Balaban J connectivity index is 2.99. The number of hydrogen-bond donors (Lipinski definition) is 1. The molecule has 0 spiro atoms. The molecule has 4 heteroatoms. The van der Waals surface area contributed by atoms with Gasteiger partial charge in [-0.05, 0) is 59.8 Å². The van der Waals surface area contributed by atoms with Crippen LogP contribution in [0, 0.1) is 17.6 Å². The van der Waals surface area contributed by atoms with Gasteiger partial charge in [-0.15, -0.1) is 0 Å². The Hall–Kier alpha value is -0.480. The standard InChI is InChI=1S/C17H26BrF2N/c1-4-7-12(8-5-2)16(21-6-3)11-13-15(19)10-9-14(18)17(13)20/h9-10,12,16,21H,4-8,11H2,1-3H3. The highest BCUT2D eigenvalue weighted by molar-refractivity contribution is 9.10. The van der Waals surface area contributed by atoms with Crippen LogP contribution in [0.4, 0.5) is 8.78 Å². The highest BCUT2D eigenvalue weighted by atomic mass is 79.9. The van der Waals surface area contributed by atoms with Gasteiger partial charge in [-0.2, -0.15) is 0 Å². The summed E-state index contributed by atoms with van der Waals surface area (Å²) in [5.41, 5.74) is 0.188. The molecule has 0 bridgehead atoms. The van der Waals surface area contributed by atoms with Crippen LogP contribution in [0.5, 0.6) is 0 Å². The second-order valence-electron chi connectivity index (χ2n) is 5.53. The van der Waals surface area contributed by atoms with Gasteiger partial charge in [0.25, 0.3) is 0 Å². The highest BCUT2D eigenvalue weighted by Crippen LogP contribution is 2.26. The Bertz CT molecular complexity index is 431. The van der Waals surface area contributed by atoms with Gasteiger partial charge in [-0.3, -0.25) is 0 Å². The summed E-state index contributed by atoms with van der Waals surface area (Å²) in [5, 5.41) is 3.43. The van der Waals surface area contributed by atoms with Gasteiger partial charge in [0.1, 0.15) is 11.6 Å². The molecule has 0 aliphatic rings. The van der Waals surface area contributed by atoms with Crippen molar-refractivity contribution >= 4 is 15.9 Å². The fourth-order valence-corrected chi connectivity index (χ4v) is 3.30. The second-order valence-corrected chi connectivity index (χ2v) is 6.38. The predicted molar refractivity (Wildman–Crippen MR) is 88.5 cm³/mol. The normalized spacial score (nSPS) is 12.9. The number of hydrogen-bond acceptors (Lipinski definition) is 1. The monoisotopic (exact) mass is 361 g/mol. The van der Waals surface area contributed by atoms with Crippen molar-refractivity contribution in [1.82, 2.24) is 5.32 Å². The predicted octanol–water partition coefficient (Wildman–Crippen LogP) is 5.46. The lowest BCUT2D eigenvalue weighted by molar-refractivity contribution is 0.307. The van der Waals surface area contributed by atoms with Crippen molar-refractivity contribution < 1.29 is 8.78 Å². The molecule has 1 aromatic carbocycles. The van der Waals surface area contributed by atoms with E-state index in [0.29, 0.717) is 16.8 Å². The van der Waals surface area contributed by atoms with Crippen molar-refractivity contribution in [3.8, 4) is 0 Å². The average molecular weight is 362 g/mol. The summed E-state index contributed by atoms with van der Waals surface area (Å²) >= 11 is 3.15. The van der Waals surface area contributed by atoms with Gasteiger partial charge in [-0.25, -0.2) is 8.78 Å². The van der Waals surface area contributed by atoms with Crippen LogP contribution in [0.15, 0.2) is 16.6 Å². The first-order chi connectivity index (χ1) is 10.0. The molecule has 21 heavy (non-hydrogen) atoms. The van der Waals surface area contributed by atoms with E-state index >= 15 is 0 Å². The third-order valence-corrected chi connectivity index (χ3v) is 4.53. The molecule has 0 aromatic heterocycles. The van der Waals surface area contributed by atoms with Crippen LogP contribution in [0.2, 0.25) is 0 Å². The van der Waals surface area contributed by atoms with E-state index in [9.17, 15) is 8.78 Å². The first-order valence-electron chi connectivity index (χ1n) is 7.90. The zero-order valence-electron chi connectivity index (χ0n) is 13.2. The van der Waals surface area contributed by atoms with E-state index in [0.717, 1.165) is 32.2 Å². The van der Waals surface area contributed by atoms with Crippen LogP contribution >= 0.6 is 15.9 Å². The summed E-state index contributed by atoms with van der Waals surface area (Å²) < 4.78 is 28.5. The Morgan fingerprint density at radius 3 is 2.24 bits per heavy atom. The first-order valence-corrected chi connectivity index (χ1v) is 8.70. The van der Waals surface area contributed by atoms with E-state index in [4.69, 9.17) is 0 Å². The number of benzene rings is 1. The Kier molecular flexibility index (Phi) is 8.42. The van der Waals surface area contributed by atoms with Gasteiger partial charge in [0.2, 0.25) is 0 Å². The number of nitrogens with one attached hydrogen (secondary N) is 1. The van der Waals surface area contributed by atoms with E-state index in [2.05, 4.69) is 35.1 Å². The molecule has 0 amide bonds. The Morgan fingerprint density at radius 1 is 1.10 bits per heavy atom. The third kappa shape index (κ3) is 5.33. The Labute approximate surface area is 135 Å². The van der Waals surface area contributed by atoms with Crippen LogP contribution in [-0.2, 0) is 6.42 Å². The lowest BCUT2D eigenvalue weighted by Crippen LogP contribution is -2.38. The molecule has 0 saturated heterocycles. The lowest BCUT2D eigenvalue weighted by atomic mass is 9.86. The molecule has 0 fully saturated rings. The van der Waals surface area contributed by atoms with Crippen molar-refractivity contribution in [2.24, 2.45) is 5.92 Å². The molecule has 1 nitrogen and oxygen atoms in total. The first kappa shape index (κ1) is 18.6. The number of likely N-dealkylation sites (N-methyl/N-ethyl adjacent to an activating group) is 1. The van der Waals surface area contributed by atoms with Crippen molar-refractivity contribution in [2.45, 2.75) is 58.9 Å². The van der Waals surface area contributed by atoms with Crippen LogP contribution < -0.4 is 5.32 Å². The van der Waals surface area contributed by atoms with Gasteiger partial charge < -0.3 is 5.32 Å². The van der Waals surface area contributed by atoms with E-state index < -0.39 is 11.6 Å². The van der Waals surface area contributed by atoms with E-state index in [1.54, 1.807) is 0 Å². The molecule has 1 atom stereocenters. The van der Waals surface area contributed by atoms with E-state index in [1.807, 2.05) is 6.92 Å². The summed E-state index contributed by atoms with van der Waals surface area (Å²) in [5.74, 6) is -0.465. The molecular weight excluding hydrogens is 336 g/mol. The largest absolute Gasteiger partial charge is 0.314 e. The zero-order chi connectivity index (χ0) is 15.8. The van der Waals surface area contributed by atoms with Gasteiger partial charge >= 0.3 is 0 Å². The summed E-state index contributed by atoms with van der Waals surface area (Å²) in [6.07, 6.45) is 4.76. The molecule has 1 N–H and O–H groups in total. The summed E-state index contributed by atoms with van der Waals surface area (Å²) in [7, 11) is 0. The third-order valence-electron chi connectivity index (χ3n) is 3.92. The molecule has 0 radical (unpaired) electrons. The minimum atomic E-state index is -0.468. The van der Waals surface area contributed by atoms with Crippen LogP contribution in [-0.4, -0.2) is 12.6 Å².